The molecule has 0 aliphatic rings. The lowest BCUT2D eigenvalue weighted by Gasteiger charge is -2.12. The van der Waals surface area contributed by atoms with Gasteiger partial charge in [-0.3, -0.25) is 9.89 Å². The molecule has 0 saturated heterocycles. The van der Waals surface area contributed by atoms with Gasteiger partial charge in [-0.2, -0.15) is 16.9 Å². The Morgan fingerprint density at radius 1 is 1.80 bits per heavy atom. The molecule has 1 amide bonds. The van der Waals surface area contributed by atoms with Crippen molar-refractivity contribution in [1.29, 1.82) is 0 Å². The van der Waals surface area contributed by atoms with E-state index in [-0.39, 0.29) is 11.9 Å². The number of nitrogen functional groups attached to an aromatic ring is 1. The van der Waals surface area contributed by atoms with Crippen LogP contribution in [0.2, 0.25) is 0 Å². The molecule has 1 atom stereocenters. The number of aromatic amines is 1. The van der Waals surface area contributed by atoms with Crippen LogP contribution in [0.1, 0.15) is 23.7 Å². The smallest absolute Gasteiger partial charge is 0.256 e. The summed E-state index contributed by atoms with van der Waals surface area (Å²) in [6.07, 6.45) is 4.43. The van der Waals surface area contributed by atoms with E-state index in [9.17, 15) is 4.79 Å². The van der Waals surface area contributed by atoms with E-state index in [0.717, 1.165) is 12.2 Å². The third kappa shape index (κ3) is 3.47. The molecule has 15 heavy (non-hydrogen) atoms. The zero-order chi connectivity index (χ0) is 11.3. The first-order valence-electron chi connectivity index (χ1n) is 4.73. The standard InChI is InChI=1S/C9H16N4OS/c1-6(3-4-15-2)12-9(14)7-5-11-13-8(7)10/h5-6H,3-4H2,1-2H3,(H,12,14)(H3,10,11,13). The van der Waals surface area contributed by atoms with Gasteiger partial charge in [0.15, 0.2) is 0 Å². The number of hydrogen-bond donors (Lipinski definition) is 3. The average molecular weight is 228 g/mol. The Hall–Kier alpha value is -1.17. The Kier molecular flexibility index (Phi) is 4.48. The summed E-state index contributed by atoms with van der Waals surface area (Å²) in [4.78, 5) is 11.6. The van der Waals surface area contributed by atoms with Crippen LogP contribution in [0, 0.1) is 0 Å². The highest BCUT2D eigenvalue weighted by Gasteiger charge is 2.13. The molecule has 0 aliphatic carbocycles. The van der Waals surface area contributed by atoms with Crippen LogP contribution in [-0.4, -0.2) is 34.2 Å². The average Bonchev–Trinajstić information content (AvgIpc) is 2.61. The van der Waals surface area contributed by atoms with Crippen LogP contribution >= 0.6 is 11.8 Å². The maximum atomic E-state index is 11.6. The second kappa shape index (κ2) is 5.65. The Morgan fingerprint density at radius 3 is 3.07 bits per heavy atom. The molecule has 0 bridgehead atoms. The molecule has 0 fully saturated rings. The number of hydrogen-bond acceptors (Lipinski definition) is 4. The van der Waals surface area contributed by atoms with E-state index in [4.69, 9.17) is 5.73 Å². The number of carbonyl (C=O) groups excluding carboxylic acids is 1. The van der Waals surface area contributed by atoms with Gasteiger partial charge in [0, 0.05) is 6.04 Å². The zero-order valence-corrected chi connectivity index (χ0v) is 9.73. The minimum absolute atomic E-state index is 0.152. The number of nitrogens with two attached hydrogens (primary N) is 1. The van der Waals surface area contributed by atoms with Gasteiger partial charge >= 0.3 is 0 Å². The number of nitrogens with one attached hydrogen (secondary N) is 2. The fourth-order valence-corrected chi connectivity index (χ4v) is 1.73. The highest BCUT2D eigenvalue weighted by Crippen LogP contribution is 2.07. The number of H-pyrrole nitrogens is 1. The van der Waals surface area contributed by atoms with Crippen molar-refractivity contribution in [2.24, 2.45) is 0 Å². The summed E-state index contributed by atoms with van der Waals surface area (Å²) in [5.74, 6) is 1.17. The van der Waals surface area contributed by atoms with Crippen molar-refractivity contribution in [3.8, 4) is 0 Å². The van der Waals surface area contributed by atoms with Crippen LogP contribution in [0.15, 0.2) is 6.20 Å². The first-order chi connectivity index (χ1) is 7.15. The van der Waals surface area contributed by atoms with Gasteiger partial charge in [-0.1, -0.05) is 0 Å². The molecule has 0 radical (unpaired) electrons. The molecule has 1 heterocycles. The third-order valence-electron chi connectivity index (χ3n) is 2.05. The Labute approximate surface area is 93.2 Å². The van der Waals surface area contributed by atoms with E-state index in [2.05, 4.69) is 15.5 Å². The Balaban J connectivity index is 2.46. The number of thioether (sulfide) groups is 1. The fourth-order valence-electron chi connectivity index (χ4n) is 1.15. The SMILES string of the molecule is CSCCC(C)NC(=O)c1cn[nH]c1N. The minimum atomic E-state index is -0.171. The lowest BCUT2D eigenvalue weighted by atomic mass is 10.2. The largest absolute Gasteiger partial charge is 0.383 e. The number of nitrogens with zero attached hydrogens (tertiary/aromatic N) is 1. The van der Waals surface area contributed by atoms with Gasteiger partial charge in [0.05, 0.1) is 6.20 Å². The molecule has 6 heteroatoms. The Morgan fingerprint density at radius 2 is 2.53 bits per heavy atom. The summed E-state index contributed by atoms with van der Waals surface area (Å²) in [7, 11) is 0. The number of aromatic nitrogens is 2. The van der Waals surface area contributed by atoms with Crippen LogP contribution in [-0.2, 0) is 0 Å². The summed E-state index contributed by atoms with van der Waals surface area (Å²) in [6, 6.07) is 0.152. The summed E-state index contributed by atoms with van der Waals surface area (Å²) < 4.78 is 0. The van der Waals surface area contributed by atoms with E-state index < -0.39 is 0 Å². The normalized spacial score (nSPS) is 12.4. The number of amides is 1. The van der Waals surface area contributed by atoms with Crippen molar-refractivity contribution in [3.63, 3.8) is 0 Å². The van der Waals surface area contributed by atoms with Gasteiger partial charge < -0.3 is 11.1 Å². The van der Waals surface area contributed by atoms with Gasteiger partial charge in [0.25, 0.3) is 5.91 Å². The van der Waals surface area contributed by atoms with E-state index >= 15 is 0 Å². The first kappa shape index (κ1) is 11.9. The van der Waals surface area contributed by atoms with Crippen LogP contribution in [0.4, 0.5) is 5.82 Å². The molecule has 1 aromatic rings. The van der Waals surface area contributed by atoms with Gasteiger partial charge in [-0.15, -0.1) is 0 Å². The zero-order valence-electron chi connectivity index (χ0n) is 8.91. The van der Waals surface area contributed by atoms with Crippen molar-refractivity contribution < 1.29 is 4.79 Å². The topological polar surface area (TPSA) is 83.8 Å². The lowest BCUT2D eigenvalue weighted by Crippen LogP contribution is -2.33. The number of anilines is 1. The predicted molar refractivity (Wildman–Crippen MR) is 62.9 cm³/mol. The summed E-state index contributed by atoms with van der Waals surface area (Å²) >= 11 is 1.76. The highest BCUT2D eigenvalue weighted by atomic mass is 32.2. The first-order valence-corrected chi connectivity index (χ1v) is 6.13. The predicted octanol–water partition coefficient (Wildman–Crippen LogP) is 0.863. The monoisotopic (exact) mass is 228 g/mol. The Bertz CT molecular complexity index is 326. The molecule has 0 spiro atoms. The van der Waals surface area contributed by atoms with Crippen LogP contribution in [0.3, 0.4) is 0 Å². The maximum absolute atomic E-state index is 11.6. The number of rotatable bonds is 5. The van der Waals surface area contributed by atoms with E-state index in [1.54, 1.807) is 11.8 Å². The molecule has 84 valence electrons. The number of carbonyl (C=O) groups is 1. The van der Waals surface area contributed by atoms with E-state index in [1.807, 2.05) is 13.2 Å². The van der Waals surface area contributed by atoms with Gasteiger partial charge in [-0.05, 0) is 25.4 Å². The molecular formula is C9H16N4OS. The van der Waals surface area contributed by atoms with Crippen molar-refractivity contribution in [1.82, 2.24) is 15.5 Å². The van der Waals surface area contributed by atoms with Crippen molar-refractivity contribution in [2.75, 3.05) is 17.7 Å². The molecule has 1 rings (SSSR count). The summed E-state index contributed by atoms with van der Waals surface area (Å²) in [5.41, 5.74) is 5.94. The van der Waals surface area contributed by atoms with Gasteiger partial charge in [0.1, 0.15) is 11.4 Å². The van der Waals surface area contributed by atoms with Crippen molar-refractivity contribution >= 4 is 23.5 Å². The van der Waals surface area contributed by atoms with Crippen LogP contribution in [0.5, 0.6) is 0 Å². The highest BCUT2D eigenvalue weighted by molar-refractivity contribution is 7.98. The second-order valence-electron chi connectivity index (χ2n) is 3.35. The van der Waals surface area contributed by atoms with Gasteiger partial charge in [-0.25, -0.2) is 0 Å². The molecule has 0 saturated carbocycles. The second-order valence-corrected chi connectivity index (χ2v) is 4.34. The van der Waals surface area contributed by atoms with Crippen LogP contribution in [0.25, 0.3) is 0 Å². The summed E-state index contributed by atoms with van der Waals surface area (Å²) in [6.45, 7) is 1.98. The quantitative estimate of drug-likeness (QED) is 0.698. The van der Waals surface area contributed by atoms with Gasteiger partial charge in [0.2, 0.25) is 0 Å². The minimum Gasteiger partial charge on any atom is -0.383 e. The van der Waals surface area contributed by atoms with E-state index in [1.165, 1.54) is 6.20 Å². The van der Waals surface area contributed by atoms with E-state index in [0.29, 0.717) is 11.4 Å². The molecule has 4 N–H and O–H groups in total. The molecule has 0 aromatic carbocycles. The summed E-state index contributed by atoms with van der Waals surface area (Å²) in [5, 5.41) is 9.09. The molecule has 5 nitrogen and oxygen atoms in total. The lowest BCUT2D eigenvalue weighted by molar-refractivity contribution is 0.0940. The molecular weight excluding hydrogens is 212 g/mol. The fraction of sp³-hybridized carbons (Fsp3) is 0.556. The van der Waals surface area contributed by atoms with Crippen molar-refractivity contribution in [2.45, 2.75) is 19.4 Å². The molecule has 1 unspecified atom stereocenters. The third-order valence-corrected chi connectivity index (χ3v) is 2.69. The van der Waals surface area contributed by atoms with Crippen molar-refractivity contribution in [3.05, 3.63) is 11.8 Å². The molecule has 0 aliphatic heterocycles. The van der Waals surface area contributed by atoms with Crippen LogP contribution < -0.4 is 11.1 Å². The maximum Gasteiger partial charge on any atom is 0.256 e. The molecule has 1 aromatic heterocycles.